The van der Waals surface area contributed by atoms with Crippen LogP contribution in [0.5, 0.6) is 0 Å². The van der Waals surface area contributed by atoms with Crippen molar-refractivity contribution in [2.75, 3.05) is 11.4 Å². The number of pyridine rings is 1. The quantitative estimate of drug-likeness (QED) is 0.941. The van der Waals surface area contributed by atoms with Crippen molar-refractivity contribution < 1.29 is 9.59 Å². The van der Waals surface area contributed by atoms with Gasteiger partial charge in [-0.2, -0.15) is 0 Å². The highest BCUT2D eigenvalue weighted by molar-refractivity contribution is 5.98. The minimum Gasteiger partial charge on any atom is -0.346 e. The zero-order valence-corrected chi connectivity index (χ0v) is 14.0. The van der Waals surface area contributed by atoms with Gasteiger partial charge in [0.1, 0.15) is 0 Å². The van der Waals surface area contributed by atoms with Crippen molar-refractivity contribution in [1.29, 1.82) is 0 Å². The van der Waals surface area contributed by atoms with E-state index >= 15 is 0 Å². The molecule has 1 aromatic heterocycles. The molecule has 1 atom stereocenters. The number of aromatic nitrogens is 1. The Morgan fingerprint density at radius 3 is 2.71 bits per heavy atom. The molecule has 2 amide bonds. The van der Waals surface area contributed by atoms with Crippen molar-refractivity contribution in [2.45, 2.75) is 32.7 Å². The van der Waals surface area contributed by atoms with Crippen LogP contribution in [-0.2, 0) is 11.2 Å². The third-order valence-electron chi connectivity index (χ3n) is 4.39. The van der Waals surface area contributed by atoms with Gasteiger partial charge in [0.05, 0.1) is 6.04 Å². The standard InChI is InChI=1S/C19H21N3O2/c1-3-18(23)22-11-8-15-12-16(4-5-17(15)22)19(24)21-13(2)14-6-9-20-10-7-14/h4-7,9-10,12-13H,3,8,11H2,1-2H3,(H,21,24)/t13-/m0/s1. The molecule has 2 aromatic rings. The van der Waals surface area contributed by atoms with Crippen LogP contribution < -0.4 is 10.2 Å². The Morgan fingerprint density at radius 2 is 2.00 bits per heavy atom. The maximum absolute atomic E-state index is 12.5. The van der Waals surface area contributed by atoms with E-state index in [9.17, 15) is 9.59 Å². The molecule has 0 aliphatic carbocycles. The van der Waals surface area contributed by atoms with E-state index in [2.05, 4.69) is 10.3 Å². The molecule has 1 aromatic carbocycles. The molecule has 0 bridgehead atoms. The lowest BCUT2D eigenvalue weighted by Gasteiger charge is -2.17. The molecule has 0 radical (unpaired) electrons. The van der Waals surface area contributed by atoms with Gasteiger partial charge in [-0.15, -0.1) is 0 Å². The van der Waals surface area contributed by atoms with Crippen molar-refractivity contribution in [2.24, 2.45) is 0 Å². The summed E-state index contributed by atoms with van der Waals surface area (Å²) in [5.41, 5.74) is 3.63. The number of fused-ring (bicyclic) bond motifs is 1. The summed E-state index contributed by atoms with van der Waals surface area (Å²) in [6.07, 6.45) is 4.71. The van der Waals surface area contributed by atoms with Crippen LogP contribution in [-0.4, -0.2) is 23.3 Å². The Morgan fingerprint density at radius 1 is 1.25 bits per heavy atom. The van der Waals surface area contributed by atoms with Crippen LogP contribution in [0.25, 0.3) is 0 Å². The highest BCUT2D eigenvalue weighted by atomic mass is 16.2. The van der Waals surface area contributed by atoms with E-state index < -0.39 is 0 Å². The highest BCUT2D eigenvalue weighted by Crippen LogP contribution is 2.29. The number of rotatable bonds is 4. The van der Waals surface area contributed by atoms with Gasteiger partial charge in [0, 0.05) is 36.6 Å². The second-order valence-corrected chi connectivity index (χ2v) is 5.97. The van der Waals surface area contributed by atoms with Crippen molar-refractivity contribution in [3.8, 4) is 0 Å². The average molecular weight is 323 g/mol. The Hall–Kier alpha value is -2.69. The first-order valence-corrected chi connectivity index (χ1v) is 8.24. The molecular formula is C19H21N3O2. The van der Waals surface area contributed by atoms with Gasteiger partial charge in [0.25, 0.3) is 5.91 Å². The molecule has 3 rings (SSSR count). The zero-order valence-electron chi connectivity index (χ0n) is 14.0. The summed E-state index contributed by atoms with van der Waals surface area (Å²) in [4.78, 5) is 30.2. The van der Waals surface area contributed by atoms with E-state index in [0.29, 0.717) is 18.5 Å². The van der Waals surface area contributed by atoms with Gasteiger partial charge >= 0.3 is 0 Å². The normalized spacial score (nSPS) is 14.2. The Labute approximate surface area is 141 Å². The highest BCUT2D eigenvalue weighted by Gasteiger charge is 2.24. The van der Waals surface area contributed by atoms with E-state index in [1.165, 1.54) is 0 Å². The Kier molecular flexibility index (Phi) is 4.60. The van der Waals surface area contributed by atoms with Crippen LogP contribution >= 0.6 is 0 Å². The lowest BCUT2D eigenvalue weighted by atomic mass is 10.1. The monoisotopic (exact) mass is 323 g/mol. The predicted molar refractivity (Wildman–Crippen MR) is 92.9 cm³/mol. The van der Waals surface area contributed by atoms with E-state index in [0.717, 1.165) is 23.2 Å². The molecule has 1 aliphatic rings. The van der Waals surface area contributed by atoms with Gasteiger partial charge in [-0.25, -0.2) is 0 Å². The van der Waals surface area contributed by atoms with Gasteiger partial charge in [-0.05, 0) is 54.8 Å². The van der Waals surface area contributed by atoms with Crippen LogP contribution in [0.4, 0.5) is 5.69 Å². The summed E-state index contributed by atoms with van der Waals surface area (Å²) in [6.45, 7) is 4.51. The molecule has 5 nitrogen and oxygen atoms in total. The summed E-state index contributed by atoms with van der Waals surface area (Å²) in [5.74, 6) is 0.0136. The first-order chi connectivity index (χ1) is 11.6. The van der Waals surface area contributed by atoms with E-state index in [1.807, 2.05) is 38.1 Å². The first kappa shape index (κ1) is 16.2. The van der Waals surface area contributed by atoms with E-state index in [4.69, 9.17) is 0 Å². The maximum atomic E-state index is 12.5. The molecule has 0 saturated heterocycles. The number of hydrogen-bond donors (Lipinski definition) is 1. The molecule has 0 fully saturated rings. The minimum absolute atomic E-state index is 0.0908. The minimum atomic E-state index is -0.109. The number of benzene rings is 1. The molecule has 2 heterocycles. The fourth-order valence-corrected chi connectivity index (χ4v) is 3.01. The Bertz CT molecular complexity index is 758. The molecule has 124 valence electrons. The molecule has 0 unspecified atom stereocenters. The fourth-order valence-electron chi connectivity index (χ4n) is 3.01. The van der Waals surface area contributed by atoms with Crippen molar-refractivity contribution in [3.63, 3.8) is 0 Å². The maximum Gasteiger partial charge on any atom is 0.251 e. The average Bonchev–Trinajstić information content (AvgIpc) is 3.04. The topological polar surface area (TPSA) is 62.3 Å². The number of amides is 2. The third kappa shape index (κ3) is 3.15. The molecule has 24 heavy (non-hydrogen) atoms. The smallest absolute Gasteiger partial charge is 0.251 e. The first-order valence-electron chi connectivity index (χ1n) is 8.24. The van der Waals surface area contributed by atoms with Gasteiger partial charge in [0.15, 0.2) is 0 Å². The summed E-state index contributed by atoms with van der Waals surface area (Å²) in [7, 11) is 0. The zero-order chi connectivity index (χ0) is 17.1. The summed E-state index contributed by atoms with van der Waals surface area (Å²) in [5, 5.41) is 3.00. The summed E-state index contributed by atoms with van der Waals surface area (Å²) in [6, 6.07) is 9.25. The molecule has 1 N–H and O–H groups in total. The van der Waals surface area contributed by atoms with Crippen LogP contribution in [0.1, 0.15) is 47.8 Å². The molecule has 0 saturated carbocycles. The van der Waals surface area contributed by atoms with Crippen molar-refractivity contribution in [3.05, 3.63) is 59.4 Å². The summed E-state index contributed by atoms with van der Waals surface area (Å²) < 4.78 is 0. The van der Waals surface area contributed by atoms with Gasteiger partial charge in [-0.3, -0.25) is 14.6 Å². The number of nitrogens with zero attached hydrogens (tertiary/aromatic N) is 2. The number of hydrogen-bond acceptors (Lipinski definition) is 3. The predicted octanol–water partition coefficient (Wildman–Crippen LogP) is 2.87. The van der Waals surface area contributed by atoms with Crippen LogP contribution in [0, 0.1) is 0 Å². The van der Waals surface area contributed by atoms with Crippen LogP contribution in [0.15, 0.2) is 42.7 Å². The number of anilines is 1. The van der Waals surface area contributed by atoms with Gasteiger partial charge in [0.2, 0.25) is 5.91 Å². The third-order valence-corrected chi connectivity index (χ3v) is 4.39. The van der Waals surface area contributed by atoms with Gasteiger partial charge in [-0.1, -0.05) is 6.92 Å². The molecule has 5 heteroatoms. The van der Waals surface area contributed by atoms with E-state index in [-0.39, 0.29) is 17.9 Å². The van der Waals surface area contributed by atoms with Crippen LogP contribution in [0.3, 0.4) is 0 Å². The lowest BCUT2D eigenvalue weighted by Crippen LogP contribution is -2.28. The molecule has 1 aliphatic heterocycles. The van der Waals surface area contributed by atoms with Crippen molar-refractivity contribution >= 4 is 17.5 Å². The number of carbonyl (C=O) groups is 2. The fraction of sp³-hybridized carbons (Fsp3) is 0.316. The molecular weight excluding hydrogens is 302 g/mol. The van der Waals surface area contributed by atoms with E-state index in [1.54, 1.807) is 23.4 Å². The second-order valence-electron chi connectivity index (χ2n) is 5.97. The second kappa shape index (κ2) is 6.83. The van der Waals surface area contributed by atoms with Gasteiger partial charge < -0.3 is 10.2 Å². The van der Waals surface area contributed by atoms with Crippen molar-refractivity contribution in [1.82, 2.24) is 10.3 Å². The van der Waals surface area contributed by atoms with Crippen LogP contribution in [0.2, 0.25) is 0 Å². The Balaban J connectivity index is 1.74. The summed E-state index contributed by atoms with van der Waals surface area (Å²) >= 11 is 0. The lowest BCUT2D eigenvalue weighted by molar-refractivity contribution is -0.118. The number of carbonyl (C=O) groups excluding carboxylic acids is 2. The largest absolute Gasteiger partial charge is 0.346 e. The SMILES string of the molecule is CCC(=O)N1CCc2cc(C(=O)N[C@@H](C)c3ccncc3)ccc21. The molecule has 0 spiro atoms. The number of nitrogens with one attached hydrogen (secondary N) is 1.